The van der Waals surface area contributed by atoms with E-state index < -0.39 is 5.97 Å². The van der Waals surface area contributed by atoms with Crippen molar-refractivity contribution in [3.63, 3.8) is 0 Å². The van der Waals surface area contributed by atoms with E-state index in [1.807, 2.05) is 0 Å². The molecule has 0 aliphatic rings. The minimum atomic E-state index is -1.02. The summed E-state index contributed by atoms with van der Waals surface area (Å²) in [5.41, 5.74) is 0. The highest BCUT2D eigenvalue weighted by Gasteiger charge is 2.08. The lowest BCUT2D eigenvalue weighted by Gasteiger charge is -2.09. The van der Waals surface area contributed by atoms with Crippen molar-refractivity contribution >= 4 is 21.9 Å². The van der Waals surface area contributed by atoms with Crippen molar-refractivity contribution in [3.05, 3.63) is 22.7 Å². The average molecular weight is 261 g/mol. The second-order valence-electron chi connectivity index (χ2n) is 2.45. The van der Waals surface area contributed by atoms with Gasteiger partial charge in [-0.05, 0) is 28.1 Å². The first-order chi connectivity index (χ1) is 6.65. The topological polar surface area (TPSA) is 55.8 Å². The highest BCUT2D eigenvalue weighted by molar-refractivity contribution is 9.10. The van der Waals surface area contributed by atoms with Gasteiger partial charge < -0.3 is 14.6 Å². The zero-order valence-corrected chi connectivity index (χ0v) is 9.08. The predicted molar refractivity (Wildman–Crippen MR) is 53.8 cm³/mol. The highest BCUT2D eigenvalue weighted by Crippen LogP contribution is 2.34. The van der Waals surface area contributed by atoms with Gasteiger partial charge in [0.2, 0.25) is 0 Å². The Balaban J connectivity index is 2.85. The minimum Gasteiger partial charge on any atom is -0.492 e. The van der Waals surface area contributed by atoms with E-state index in [-0.39, 0.29) is 6.61 Å². The van der Waals surface area contributed by atoms with Crippen molar-refractivity contribution < 1.29 is 19.4 Å². The second kappa shape index (κ2) is 4.85. The van der Waals surface area contributed by atoms with Gasteiger partial charge in [0.25, 0.3) is 0 Å². The normalized spacial score (nSPS) is 9.57. The standard InChI is InChI=1S/C9H9BrO4/c1-13-9-6(10)3-2-4-7(9)14-5-8(11)12/h2-4H,5H2,1H3,(H,11,12). The van der Waals surface area contributed by atoms with Crippen LogP contribution in [0.5, 0.6) is 11.5 Å². The number of carbonyl (C=O) groups is 1. The van der Waals surface area contributed by atoms with Crippen LogP contribution in [0.1, 0.15) is 0 Å². The van der Waals surface area contributed by atoms with Gasteiger partial charge in [0.15, 0.2) is 18.1 Å². The van der Waals surface area contributed by atoms with Crippen LogP contribution in [-0.4, -0.2) is 24.8 Å². The van der Waals surface area contributed by atoms with Crippen LogP contribution in [0.15, 0.2) is 22.7 Å². The van der Waals surface area contributed by atoms with Crippen LogP contribution in [-0.2, 0) is 4.79 Å². The summed E-state index contributed by atoms with van der Waals surface area (Å²) >= 11 is 3.26. The Hall–Kier alpha value is -1.23. The molecule has 0 bridgehead atoms. The first kappa shape index (κ1) is 10.8. The van der Waals surface area contributed by atoms with E-state index in [9.17, 15) is 4.79 Å². The first-order valence-electron chi connectivity index (χ1n) is 3.82. The molecule has 1 aromatic rings. The summed E-state index contributed by atoms with van der Waals surface area (Å²) < 4.78 is 10.8. The fourth-order valence-electron chi connectivity index (χ4n) is 0.940. The molecule has 0 atom stereocenters. The van der Waals surface area contributed by atoms with Gasteiger partial charge in [0.05, 0.1) is 11.6 Å². The third-order valence-electron chi connectivity index (χ3n) is 1.49. The van der Waals surface area contributed by atoms with Gasteiger partial charge in [-0.1, -0.05) is 6.07 Å². The van der Waals surface area contributed by atoms with Crippen molar-refractivity contribution in [2.75, 3.05) is 13.7 Å². The Kier molecular flexibility index (Phi) is 3.76. The van der Waals surface area contributed by atoms with Crippen LogP contribution in [0.4, 0.5) is 0 Å². The molecule has 76 valence electrons. The quantitative estimate of drug-likeness (QED) is 0.899. The lowest BCUT2D eigenvalue weighted by Crippen LogP contribution is -2.10. The number of benzene rings is 1. The highest BCUT2D eigenvalue weighted by atomic mass is 79.9. The number of rotatable bonds is 4. The van der Waals surface area contributed by atoms with Gasteiger partial charge in [-0.2, -0.15) is 0 Å². The summed E-state index contributed by atoms with van der Waals surface area (Å²) in [5, 5.41) is 8.43. The van der Waals surface area contributed by atoms with E-state index in [4.69, 9.17) is 14.6 Å². The molecular formula is C9H9BrO4. The number of aliphatic carboxylic acids is 1. The number of halogens is 1. The zero-order valence-electron chi connectivity index (χ0n) is 7.49. The van der Waals surface area contributed by atoms with Crippen molar-refractivity contribution in [2.45, 2.75) is 0 Å². The Bertz CT molecular complexity index is 338. The number of hydrogen-bond donors (Lipinski definition) is 1. The molecule has 0 aliphatic carbocycles. The van der Waals surface area contributed by atoms with E-state index in [0.717, 1.165) is 4.47 Å². The lowest BCUT2D eigenvalue weighted by atomic mass is 10.3. The van der Waals surface area contributed by atoms with Crippen molar-refractivity contribution in [2.24, 2.45) is 0 Å². The van der Waals surface area contributed by atoms with Gasteiger partial charge in [0.1, 0.15) is 0 Å². The summed E-state index contributed by atoms with van der Waals surface area (Å²) in [6.07, 6.45) is 0. The van der Waals surface area contributed by atoms with Gasteiger partial charge in [-0.25, -0.2) is 4.79 Å². The van der Waals surface area contributed by atoms with E-state index in [0.29, 0.717) is 11.5 Å². The molecule has 1 rings (SSSR count). The minimum absolute atomic E-state index is 0.382. The molecular weight excluding hydrogens is 252 g/mol. The Morgan fingerprint density at radius 2 is 2.29 bits per heavy atom. The van der Waals surface area contributed by atoms with E-state index in [1.54, 1.807) is 18.2 Å². The number of hydrogen-bond acceptors (Lipinski definition) is 3. The lowest BCUT2D eigenvalue weighted by molar-refractivity contribution is -0.139. The molecule has 0 radical (unpaired) electrons. The summed E-state index contributed by atoms with van der Waals surface area (Å²) in [4.78, 5) is 10.3. The van der Waals surface area contributed by atoms with E-state index in [2.05, 4.69) is 15.9 Å². The molecule has 1 aromatic carbocycles. The van der Waals surface area contributed by atoms with Crippen LogP contribution < -0.4 is 9.47 Å². The average Bonchev–Trinajstić information content (AvgIpc) is 2.14. The Labute approximate surface area is 89.6 Å². The maximum atomic E-state index is 10.3. The Morgan fingerprint density at radius 3 is 2.86 bits per heavy atom. The number of ether oxygens (including phenoxy) is 2. The molecule has 0 spiro atoms. The van der Waals surface area contributed by atoms with E-state index >= 15 is 0 Å². The summed E-state index contributed by atoms with van der Waals surface area (Å²) in [7, 11) is 1.49. The molecule has 0 saturated carbocycles. The van der Waals surface area contributed by atoms with Crippen LogP contribution in [0.2, 0.25) is 0 Å². The monoisotopic (exact) mass is 260 g/mol. The van der Waals surface area contributed by atoms with Gasteiger partial charge >= 0.3 is 5.97 Å². The van der Waals surface area contributed by atoms with Crippen LogP contribution in [0.3, 0.4) is 0 Å². The third kappa shape index (κ3) is 2.63. The first-order valence-corrected chi connectivity index (χ1v) is 4.61. The summed E-state index contributed by atoms with van der Waals surface area (Å²) in [6, 6.07) is 5.17. The molecule has 14 heavy (non-hydrogen) atoms. The van der Waals surface area contributed by atoms with Crippen LogP contribution >= 0.6 is 15.9 Å². The fourth-order valence-corrected chi connectivity index (χ4v) is 1.45. The fraction of sp³-hybridized carbons (Fsp3) is 0.222. The maximum Gasteiger partial charge on any atom is 0.341 e. The molecule has 0 fully saturated rings. The largest absolute Gasteiger partial charge is 0.492 e. The zero-order chi connectivity index (χ0) is 10.6. The third-order valence-corrected chi connectivity index (χ3v) is 2.11. The molecule has 1 N–H and O–H groups in total. The van der Waals surface area contributed by atoms with E-state index in [1.165, 1.54) is 7.11 Å². The molecule has 4 nitrogen and oxygen atoms in total. The van der Waals surface area contributed by atoms with Crippen LogP contribution in [0.25, 0.3) is 0 Å². The predicted octanol–water partition coefficient (Wildman–Crippen LogP) is 1.92. The van der Waals surface area contributed by atoms with Crippen LogP contribution in [0, 0.1) is 0 Å². The van der Waals surface area contributed by atoms with Gasteiger partial charge in [0, 0.05) is 0 Å². The summed E-state index contributed by atoms with van der Waals surface area (Å²) in [6.45, 7) is -0.382. The molecule has 0 heterocycles. The molecule has 0 unspecified atom stereocenters. The molecule has 0 saturated heterocycles. The second-order valence-corrected chi connectivity index (χ2v) is 3.31. The molecule has 0 amide bonds. The SMILES string of the molecule is COc1c(Br)cccc1OCC(=O)O. The van der Waals surface area contributed by atoms with Crippen molar-refractivity contribution in [3.8, 4) is 11.5 Å². The van der Waals surface area contributed by atoms with Gasteiger partial charge in [-0.15, -0.1) is 0 Å². The summed E-state index contributed by atoms with van der Waals surface area (Å²) in [5.74, 6) is -0.120. The Morgan fingerprint density at radius 1 is 1.57 bits per heavy atom. The number of para-hydroxylation sites is 1. The van der Waals surface area contributed by atoms with Crippen molar-refractivity contribution in [1.82, 2.24) is 0 Å². The molecule has 0 aliphatic heterocycles. The molecule has 0 aromatic heterocycles. The number of methoxy groups -OCH3 is 1. The smallest absolute Gasteiger partial charge is 0.341 e. The molecule has 5 heteroatoms. The van der Waals surface area contributed by atoms with Gasteiger partial charge in [-0.3, -0.25) is 0 Å². The number of carboxylic acids is 1. The maximum absolute atomic E-state index is 10.3. The van der Waals surface area contributed by atoms with Crippen molar-refractivity contribution in [1.29, 1.82) is 0 Å². The number of carboxylic acid groups (broad SMARTS) is 1.